The molecular weight excluding hydrogens is 560 g/mol. The van der Waals surface area contributed by atoms with Crippen molar-refractivity contribution in [3.8, 4) is 11.6 Å². The van der Waals surface area contributed by atoms with E-state index in [0.717, 1.165) is 42.0 Å². The van der Waals surface area contributed by atoms with Crippen molar-refractivity contribution in [3.63, 3.8) is 0 Å². The first-order chi connectivity index (χ1) is 19.8. The van der Waals surface area contributed by atoms with Crippen LogP contribution in [0, 0.1) is 0 Å². The number of hydrogen-bond acceptors (Lipinski definition) is 9. The van der Waals surface area contributed by atoms with Crippen molar-refractivity contribution in [2.24, 2.45) is 0 Å². The predicted molar refractivity (Wildman–Crippen MR) is 164 cm³/mol. The number of nitrogens with one attached hydrogen (secondary N) is 2. The highest BCUT2D eigenvalue weighted by molar-refractivity contribution is 7.89. The Kier molecular flexibility index (Phi) is 8.93. The number of ether oxygens (including phenoxy) is 1. The summed E-state index contributed by atoms with van der Waals surface area (Å²) in [4.78, 5) is 23.2. The Balaban J connectivity index is 1.21. The second-order valence-electron chi connectivity index (χ2n) is 9.52. The summed E-state index contributed by atoms with van der Waals surface area (Å²) < 4.78 is 32.7. The minimum Gasteiger partial charge on any atom is -0.437 e. The molecule has 1 saturated heterocycles. The van der Waals surface area contributed by atoms with Crippen LogP contribution in [-0.2, 0) is 21.2 Å². The zero-order valence-electron chi connectivity index (χ0n) is 22.7. The molecule has 1 aliphatic heterocycles. The summed E-state index contributed by atoms with van der Waals surface area (Å²) in [6, 6.07) is 17.1. The molecule has 0 unspecified atom stereocenters. The highest BCUT2D eigenvalue weighted by atomic mass is 32.2. The molecule has 2 N–H and O–H groups in total. The average Bonchev–Trinajstić information content (AvgIpc) is 3.46. The van der Waals surface area contributed by atoms with Gasteiger partial charge in [0.2, 0.25) is 27.8 Å². The van der Waals surface area contributed by atoms with Crippen LogP contribution >= 0.6 is 11.3 Å². The average molecular weight is 593 g/mol. The monoisotopic (exact) mass is 592 g/mol. The molecule has 0 saturated carbocycles. The number of amides is 1. The quantitative estimate of drug-likeness (QED) is 0.237. The van der Waals surface area contributed by atoms with Gasteiger partial charge in [0.25, 0.3) is 0 Å². The fourth-order valence-electron chi connectivity index (χ4n) is 4.49. The smallest absolute Gasteiger partial charge is 0.247 e. The molecule has 1 aliphatic rings. The Labute approximate surface area is 243 Å². The van der Waals surface area contributed by atoms with Gasteiger partial charge < -0.3 is 20.3 Å². The highest BCUT2D eigenvalue weighted by Crippen LogP contribution is 2.33. The first-order valence-corrected chi connectivity index (χ1v) is 15.8. The standard InChI is InChI=1S/C29H32N6O4S2/c1-3-26(36)30-23-6-5-7-24(20-23)39-28-27-25(13-19-40-27)32-29(33-28)31-22-10-8-21(9-11-22)12-14-34-15-17-35(18-16-34)41(37,38)4-2/h3,5-11,13,19-20H,1,4,12,14-18H2,2H3,(H,30,36)(H,31,32,33). The molecule has 0 bridgehead atoms. The maximum atomic E-state index is 12.1. The largest absolute Gasteiger partial charge is 0.437 e. The van der Waals surface area contributed by atoms with Crippen molar-refractivity contribution in [2.45, 2.75) is 13.3 Å². The Bertz CT molecular complexity index is 1630. The molecule has 0 atom stereocenters. The second-order valence-corrected chi connectivity index (χ2v) is 12.7. The second kappa shape index (κ2) is 12.8. The molecule has 41 heavy (non-hydrogen) atoms. The fourth-order valence-corrected chi connectivity index (χ4v) is 6.33. The normalized spacial score (nSPS) is 14.6. The molecule has 4 aromatic rings. The van der Waals surface area contributed by atoms with E-state index in [1.807, 2.05) is 23.6 Å². The number of rotatable bonds is 11. The van der Waals surface area contributed by atoms with Crippen LogP contribution in [0.1, 0.15) is 12.5 Å². The van der Waals surface area contributed by atoms with Gasteiger partial charge >= 0.3 is 0 Å². The zero-order chi connectivity index (χ0) is 28.8. The molecule has 1 fully saturated rings. The number of sulfonamides is 1. The van der Waals surface area contributed by atoms with Crippen molar-refractivity contribution in [1.29, 1.82) is 0 Å². The SMILES string of the molecule is C=CC(=O)Nc1cccc(Oc2nc(Nc3ccc(CCN4CCN(S(=O)(=O)CC)CC4)cc3)nc3ccsc23)c1. The summed E-state index contributed by atoms with van der Waals surface area (Å²) >= 11 is 1.49. The molecule has 10 nitrogen and oxygen atoms in total. The van der Waals surface area contributed by atoms with E-state index in [9.17, 15) is 13.2 Å². The van der Waals surface area contributed by atoms with Crippen LogP contribution < -0.4 is 15.4 Å². The predicted octanol–water partition coefficient (Wildman–Crippen LogP) is 4.86. The maximum absolute atomic E-state index is 12.1. The Morgan fingerprint density at radius 2 is 1.85 bits per heavy atom. The maximum Gasteiger partial charge on any atom is 0.247 e. The molecule has 12 heteroatoms. The minimum atomic E-state index is -3.11. The molecular formula is C29H32N6O4S2. The molecule has 0 radical (unpaired) electrons. The number of anilines is 3. The Hall–Kier alpha value is -3.84. The van der Waals surface area contributed by atoms with Gasteiger partial charge in [-0.15, -0.1) is 11.3 Å². The van der Waals surface area contributed by atoms with E-state index in [2.05, 4.69) is 44.2 Å². The summed E-state index contributed by atoms with van der Waals surface area (Å²) in [5.41, 5.74) is 3.40. The number of fused-ring (bicyclic) bond motifs is 1. The van der Waals surface area contributed by atoms with Crippen molar-refractivity contribution in [1.82, 2.24) is 19.2 Å². The third-order valence-electron chi connectivity index (χ3n) is 6.79. The van der Waals surface area contributed by atoms with Gasteiger partial charge in [-0.3, -0.25) is 4.79 Å². The van der Waals surface area contributed by atoms with Gasteiger partial charge in [0, 0.05) is 50.2 Å². The lowest BCUT2D eigenvalue weighted by molar-refractivity contribution is -0.111. The van der Waals surface area contributed by atoms with Gasteiger partial charge in [0.1, 0.15) is 10.4 Å². The summed E-state index contributed by atoms with van der Waals surface area (Å²) in [6.07, 6.45) is 2.09. The number of carbonyl (C=O) groups is 1. The van der Waals surface area contributed by atoms with Crippen molar-refractivity contribution in [2.75, 3.05) is 49.1 Å². The lowest BCUT2D eigenvalue weighted by Crippen LogP contribution is -2.49. The lowest BCUT2D eigenvalue weighted by atomic mass is 10.1. The third kappa shape index (κ3) is 7.27. The Morgan fingerprint density at radius 3 is 2.59 bits per heavy atom. The van der Waals surface area contributed by atoms with E-state index in [-0.39, 0.29) is 11.7 Å². The van der Waals surface area contributed by atoms with E-state index in [0.29, 0.717) is 36.4 Å². The number of aromatic nitrogens is 2. The van der Waals surface area contributed by atoms with Crippen molar-refractivity contribution >= 4 is 54.8 Å². The highest BCUT2D eigenvalue weighted by Gasteiger charge is 2.25. The first kappa shape index (κ1) is 28.7. The molecule has 0 spiro atoms. The van der Waals surface area contributed by atoms with Gasteiger partial charge in [-0.05, 0) is 60.7 Å². The molecule has 3 heterocycles. The topological polar surface area (TPSA) is 117 Å². The van der Waals surface area contributed by atoms with E-state index < -0.39 is 10.0 Å². The van der Waals surface area contributed by atoms with Crippen LogP contribution in [0.5, 0.6) is 11.6 Å². The summed E-state index contributed by atoms with van der Waals surface area (Å²) in [5.74, 6) is 1.21. The van der Waals surface area contributed by atoms with Crippen LogP contribution in [0.4, 0.5) is 17.3 Å². The van der Waals surface area contributed by atoms with Crippen LogP contribution in [0.25, 0.3) is 10.2 Å². The number of piperazine rings is 1. The zero-order valence-corrected chi connectivity index (χ0v) is 24.4. The number of hydrogen-bond donors (Lipinski definition) is 2. The summed E-state index contributed by atoms with van der Waals surface area (Å²) in [5, 5.41) is 7.94. The van der Waals surface area contributed by atoms with Gasteiger partial charge in [-0.2, -0.15) is 9.29 Å². The van der Waals surface area contributed by atoms with E-state index in [4.69, 9.17) is 4.74 Å². The number of nitrogens with zero attached hydrogens (tertiary/aromatic N) is 4. The van der Waals surface area contributed by atoms with E-state index >= 15 is 0 Å². The van der Waals surface area contributed by atoms with E-state index in [1.165, 1.54) is 23.0 Å². The number of thiophene rings is 1. The van der Waals surface area contributed by atoms with Crippen molar-refractivity contribution < 1.29 is 17.9 Å². The molecule has 2 aromatic carbocycles. The first-order valence-electron chi connectivity index (χ1n) is 13.4. The summed E-state index contributed by atoms with van der Waals surface area (Å²) in [6.45, 7) is 8.65. The van der Waals surface area contributed by atoms with Gasteiger partial charge in [-0.25, -0.2) is 13.4 Å². The molecule has 214 valence electrons. The number of benzene rings is 2. The van der Waals surface area contributed by atoms with Crippen LogP contribution in [0.15, 0.2) is 72.6 Å². The minimum absolute atomic E-state index is 0.152. The van der Waals surface area contributed by atoms with Crippen LogP contribution in [0.3, 0.4) is 0 Å². The number of carbonyl (C=O) groups excluding carboxylic acids is 1. The molecule has 1 amide bonds. The van der Waals surface area contributed by atoms with E-state index in [1.54, 1.807) is 35.5 Å². The van der Waals surface area contributed by atoms with Crippen LogP contribution in [0.2, 0.25) is 0 Å². The lowest BCUT2D eigenvalue weighted by Gasteiger charge is -2.33. The van der Waals surface area contributed by atoms with Crippen LogP contribution in [-0.4, -0.2) is 72.0 Å². The third-order valence-corrected chi connectivity index (χ3v) is 9.56. The summed E-state index contributed by atoms with van der Waals surface area (Å²) in [7, 11) is -3.11. The van der Waals surface area contributed by atoms with Gasteiger partial charge in [0.05, 0.1) is 11.3 Å². The fraction of sp³-hybridized carbons (Fsp3) is 0.276. The van der Waals surface area contributed by atoms with Gasteiger partial charge in [0.15, 0.2) is 0 Å². The van der Waals surface area contributed by atoms with Crippen molar-refractivity contribution in [3.05, 3.63) is 78.2 Å². The van der Waals surface area contributed by atoms with Gasteiger partial charge in [-0.1, -0.05) is 24.8 Å². The Morgan fingerprint density at radius 1 is 1.07 bits per heavy atom. The molecule has 5 rings (SSSR count). The molecule has 0 aliphatic carbocycles. The molecule has 2 aromatic heterocycles.